The van der Waals surface area contributed by atoms with Crippen LogP contribution in [0.1, 0.15) is 5.82 Å². The SMILES string of the molecule is FC(F)Oc1c(Cl)ccc2[nH]c(CBr)nc12. The molecule has 0 atom stereocenters. The molecule has 86 valence electrons. The summed E-state index contributed by atoms with van der Waals surface area (Å²) >= 11 is 8.99. The fourth-order valence-electron chi connectivity index (χ4n) is 1.34. The van der Waals surface area contributed by atoms with Crippen LogP contribution >= 0.6 is 27.5 Å². The van der Waals surface area contributed by atoms with Crippen molar-refractivity contribution in [3.8, 4) is 5.75 Å². The van der Waals surface area contributed by atoms with Gasteiger partial charge < -0.3 is 9.72 Å². The normalized spacial score (nSPS) is 11.3. The summed E-state index contributed by atoms with van der Waals surface area (Å²) in [5.41, 5.74) is 0.914. The number of fused-ring (bicyclic) bond motifs is 1. The van der Waals surface area contributed by atoms with Gasteiger partial charge in [0.1, 0.15) is 11.3 Å². The lowest BCUT2D eigenvalue weighted by Gasteiger charge is -2.06. The van der Waals surface area contributed by atoms with Crippen molar-refractivity contribution in [3.63, 3.8) is 0 Å². The van der Waals surface area contributed by atoms with Gasteiger partial charge in [0.15, 0.2) is 5.75 Å². The first-order valence-corrected chi connectivity index (χ1v) is 5.79. The monoisotopic (exact) mass is 310 g/mol. The number of benzene rings is 1. The van der Waals surface area contributed by atoms with Gasteiger partial charge in [-0.2, -0.15) is 8.78 Å². The number of nitrogens with one attached hydrogen (secondary N) is 1. The van der Waals surface area contributed by atoms with Crippen LogP contribution in [0.5, 0.6) is 5.75 Å². The molecule has 7 heteroatoms. The minimum atomic E-state index is -2.92. The zero-order valence-electron chi connectivity index (χ0n) is 7.81. The third-order valence-corrected chi connectivity index (χ3v) is 2.77. The van der Waals surface area contributed by atoms with Crippen molar-refractivity contribution in [1.82, 2.24) is 9.97 Å². The molecule has 1 heterocycles. The van der Waals surface area contributed by atoms with Crippen LogP contribution in [0.15, 0.2) is 12.1 Å². The van der Waals surface area contributed by atoms with Crippen molar-refractivity contribution in [1.29, 1.82) is 0 Å². The first-order chi connectivity index (χ1) is 7.61. The lowest BCUT2D eigenvalue weighted by molar-refractivity contribution is -0.0488. The van der Waals surface area contributed by atoms with Gasteiger partial charge in [-0.05, 0) is 12.1 Å². The standard InChI is InChI=1S/C9H6BrClF2N2O/c10-3-6-14-5-2-1-4(11)8(7(5)15-6)16-9(12)13/h1-2,9H,3H2,(H,14,15). The van der Waals surface area contributed by atoms with E-state index >= 15 is 0 Å². The summed E-state index contributed by atoms with van der Waals surface area (Å²) in [7, 11) is 0. The van der Waals surface area contributed by atoms with E-state index in [-0.39, 0.29) is 10.8 Å². The molecular weight excluding hydrogens is 305 g/mol. The molecule has 0 amide bonds. The molecule has 0 fully saturated rings. The number of hydrogen-bond donors (Lipinski definition) is 1. The fourth-order valence-corrected chi connectivity index (χ4v) is 1.80. The number of nitrogens with zero attached hydrogens (tertiary/aromatic N) is 1. The highest BCUT2D eigenvalue weighted by atomic mass is 79.9. The fraction of sp³-hybridized carbons (Fsp3) is 0.222. The molecule has 0 saturated carbocycles. The van der Waals surface area contributed by atoms with Crippen molar-refractivity contribution in [3.05, 3.63) is 23.0 Å². The van der Waals surface area contributed by atoms with Gasteiger partial charge in [-0.3, -0.25) is 0 Å². The van der Waals surface area contributed by atoms with Crippen LogP contribution in [0.3, 0.4) is 0 Å². The van der Waals surface area contributed by atoms with E-state index in [0.717, 1.165) is 0 Å². The predicted octanol–water partition coefficient (Wildman–Crippen LogP) is 3.71. The average Bonchev–Trinajstić information content (AvgIpc) is 2.65. The van der Waals surface area contributed by atoms with Crippen LogP contribution in [0, 0.1) is 0 Å². The van der Waals surface area contributed by atoms with Crippen molar-refractivity contribution in [2.45, 2.75) is 11.9 Å². The van der Waals surface area contributed by atoms with Crippen LogP contribution in [-0.2, 0) is 5.33 Å². The van der Waals surface area contributed by atoms with Crippen molar-refractivity contribution in [2.24, 2.45) is 0 Å². The van der Waals surface area contributed by atoms with E-state index in [4.69, 9.17) is 11.6 Å². The quantitative estimate of drug-likeness (QED) is 0.877. The molecule has 0 aliphatic heterocycles. The lowest BCUT2D eigenvalue weighted by atomic mass is 10.3. The maximum absolute atomic E-state index is 12.2. The van der Waals surface area contributed by atoms with E-state index in [1.807, 2.05) is 0 Å². The predicted molar refractivity (Wildman–Crippen MR) is 60.4 cm³/mol. The summed E-state index contributed by atoms with van der Waals surface area (Å²) < 4.78 is 28.7. The molecule has 0 aliphatic carbocycles. The smallest absolute Gasteiger partial charge is 0.387 e. The molecule has 0 unspecified atom stereocenters. The molecule has 0 bridgehead atoms. The Labute approximate surface area is 103 Å². The van der Waals surface area contributed by atoms with Gasteiger partial charge in [-0.25, -0.2) is 4.98 Å². The maximum atomic E-state index is 12.2. The molecule has 0 spiro atoms. The number of alkyl halides is 3. The zero-order valence-corrected chi connectivity index (χ0v) is 10.1. The highest BCUT2D eigenvalue weighted by molar-refractivity contribution is 9.08. The summed E-state index contributed by atoms with van der Waals surface area (Å²) in [6.45, 7) is -2.92. The van der Waals surface area contributed by atoms with Gasteiger partial charge in [0.05, 0.1) is 15.9 Å². The lowest BCUT2D eigenvalue weighted by Crippen LogP contribution is -2.02. The Morgan fingerprint density at radius 2 is 2.25 bits per heavy atom. The van der Waals surface area contributed by atoms with Gasteiger partial charge in [0.25, 0.3) is 0 Å². The van der Waals surface area contributed by atoms with E-state index in [1.54, 1.807) is 6.07 Å². The van der Waals surface area contributed by atoms with Gasteiger partial charge in [-0.1, -0.05) is 27.5 Å². The summed E-state index contributed by atoms with van der Waals surface area (Å²) in [4.78, 5) is 7.04. The van der Waals surface area contributed by atoms with Gasteiger partial charge >= 0.3 is 6.61 Å². The third-order valence-electron chi connectivity index (χ3n) is 1.94. The van der Waals surface area contributed by atoms with Crippen molar-refractivity contribution >= 4 is 38.6 Å². The maximum Gasteiger partial charge on any atom is 0.387 e. The molecule has 0 radical (unpaired) electrons. The van der Waals surface area contributed by atoms with Gasteiger partial charge in [0, 0.05) is 0 Å². The molecule has 2 rings (SSSR count). The molecule has 2 aromatic rings. The molecule has 1 aromatic heterocycles. The number of imidazole rings is 1. The molecule has 1 aromatic carbocycles. The summed E-state index contributed by atoms with van der Waals surface area (Å²) in [6.07, 6.45) is 0. The van der Waals surface area contributed by atoms with Gasteiger partial charge in [-0.15, -0.1) is 0 Å². The highest BCUT2D eigenvalue weighted by Crippen LogP contribution is 2.33. The average molecular weight is 312 g/mol. The first kappa shape index (κ1) is 11.6. The second kappa shape index (κ2) is 4.55. The number of ether oxygens (including phenoxy) is 1. The van der Waals surface area contributed by atoms with Crippen LogP contribution < -0.4 is 4.74 Å². The number of aromatic amines is 1. The van der Waals surface area contributed by atoms with Crippen LogP contribution in [0.2, 0.25) is 5.02 Å². The van der Waals surface area contributed by atoms with E-state index in [0.29, 0.717) is 22.2 Å². The minimum Gasteiger partial charge on any atom is -0.431 e. The number of aromatic nitrogens is 2. The summed E-state index contributed by atoms with van der Waals surface area (Å²) in [5.74, 6) is 0.522. The molecule has 0 saturated heterocycles. The summed E-state index contributed by atoms with van der Waals surface area (Å²) in [6, 6.07) is 3.15. The van der Waals surface area contributed by atoms with E-state index in [1.165, 1.54) is 6.07 Å². The van der Waals surface area contributed by atoms with E-state index in [9.17, 15) is 8.78 Å². The van der Waals surface area contributed by atoms with Gasteiger partial charge in [0.2, 0.25) is 0 Å². The number of halogens is 4. The minimum absolute atomic E-state index is 0.0994. The third kappa shape index (κ3) is 2.12. The van der Waals surface area contributed by atoms with E-state index < -0.39 is 6.61 Å². The molecule has 3 nitrogen and oxygen atoms in total. The Hall–Kier alpha value is -0.880. The Balaban J connectivity index is 2.58. The van der Waals surface area contributed by atoms with Crippen molar-refractivity contribution < 1.29 is 13.5 Å². The Morgan fingerprint density at radius 3 is 2.88 bits per heavy atom. The molecule has 1 N–H and O–H groups in total. The molecule has 0 aliphatic rings. The molecule has 16 heavy (non-hydrogen) atoms. The largest absolute Gasteiger partial charge is 0.431 e. The number of rotatable bonds is 3. The second-order valence-corrected chi connectivity index (χ2v) is 3.94. The zero-order chi connectivity index (χ0) is 11.7. The molecular formula is C9H6BrClF2N2O. The van der Waals surface area contributed by atoms with Crippen LogP contribution in [0.4, 0.5) is 8.78 Å². The Kier molecular flexibility index (Phi) is 3.30. The van der Waals surface area contributed by atoms with Crippen molar-refractivity contribution in [2.75, 3.05) is 0 Å². The second-order valence-electron chi connectivity index (χ2n) is 2.97. The van der Waals surface area contributed by atoms with E-state index in [2.05, 4.69) is 30.6 Å². The van der Waals surface area contributed by atoms with Crippen LogP contribution in [-0.4, -0.2) is 16.6 Å². The topological polar surface area (TPSA) is 37.9 Å². The Bertz CT molecular complexity index is 517. The Morgan fingerprint density at radius 1 is 1.50 bits per heavy atom. The number of hydrogen-bond acceptors (Lipinski definition) is 2. The highest BCUT2D eigenvalue weighted by Gasteiger charge is 2.15. The van der Waals surface area contributed by atoms with Crippen LogP contribution in [0.25, 0.3) is 11.0 Å². The number of H-pyrrole nitrogens is 1. The first-order valence-electron chi connectivity index (χ1n) is 4.29. The summed E-state index contributed by atoms with van der Waals surface area (Å²) in [5, 5.41) is 0.605.